The summed E-state index contributed by atoms with van der Waals surface area (Å²) in [5, 5.41) is 12.1. The average molecular weight is 453 g/mol. The van der Waals surface area contributed by atoms with E-state index in [1.165, 1.54) is 18.4 Å². The fourth-order valence-corrected chi connectivity index (χ4v) is 4.67. The number of carbonyl (C=O) groups excluding carboxylic acids is 1. The van der Waals surface area contributed by atoms with Crippen LogP contribution in [0, 0.1) is 11.3 Å². The number of benzene rings is 2. The first-order valence-corrected chi connectivity index (χ1v) is 11.7. The van der Waals surface area contributed by atoms with Gasteiger partial charge in [0.1, 0.15) is 11.8 Å². The Morgan fingerprint density at radius 2 is 1.70 bits per heavy atom. The molecule has 6 nitrogen and oxygen atoms in total. The van der Waals surface area contributed by atoms with Crippen LogP contribution in [0.25, 0.3) is 0 Å². The SMILES string of the molecule is COc1ccc([C@H](CNC(=O)c2ccc(CC(N)C(=O)O)cc2)C2CCC(C)(C)CC2)cc1. The monoisotopic (exact) mass is 452 g/mol. The van der Waals surface area contributed by atoms with E-state index in [0.717, 1.165) is 24.2 Å². The first-order valence-electron chi connectivity index (χ1n) is 11.7. The summed E-state index contributed by atoms with van der Waals surface area (Å²) < 4.78 is 5.31. The number of carboxylic acid groups (broad SMARTS) is 1. The number of aliphatic carboxylic acids is 1. The highest BCUT2D eigenvalue weighted by Crippen LogP contribution is 2.43. The summed E-state index contributed by atoms with van der Waals surface area (Å²) in [4.78, 5) is 23.8. The molecule has 3 rings (SSSR count). The summed E-state index contributed by atoms with van der Waals surface area (Å²) in [6.07, 6.45) is 4.92. The second kappa shape index (κ2) is 10.8. The highest BCUT2D eigenvalue weighted by atomic mass is 16.5. The minimum absolute atomic E-state index is 0.126. The number of methoxy groups -OCH3 is 1. The molecule has 1 aliphatic rings. The van der Waals surface area contributed by atoms with Crippen molar-refractivity contribution in [2.24, 2.45) is 17.1 Å². The van der Waals surface area contributed by atoms with Crippen LogP contribution in [-0.2, 0) is 11.2 Å². The maximum atomic E-state index is 12.9. The number of nitrogens with one attached hydrogen (secondary N) is 1. The molecule has 0 spiro atoms. The molecule has 0 radical (unpaired) electrons. The van der Waals surface area contributed by atoms with Crippen LogP contribution in [0.15, 0.2) is 48.5 Å². The molecule has 178 valence electrons. The van der Waals surface area contributed by atoms with Gasteiger partial charge in [-0.1, -0.05) is 38.1 Å². The van der Waals surface area contributed by atoms with Crippen molar-refractivity contribution < 1.29 is 19.4 Å². The third kappa shape index (κ3) is 6.81. The van der Waals surface area contributed by atoms with E-state index in [0.29, 0.717) is 23.4 Å². The highest BCUT2D eigenvalue weighted by molar-refractivity contribution is 5.94. The molecule has 0 bridgehead atoms. The lowest BCUT2D eigenvalue weighted by molar-refractivity contribution is -0.138. The molecule has 0 saturated heterocycles. The Kier molecular flexibility index (Phi) is 8.14. The van der Waals surface area contributed by atoms with Gasteiger partial charge in [0.25, 0.3) is 5.91 Å². The molecule has 1 unspecified atom stereocenters. The Bertz CT molecular complexity index is 928. The molecular formula is C27H36N2O4. The van der Waals surface area contributed by atoms with Crippen LogP contribution in [0.3, 0.4) is 0 Å². The average Bonchev–Trinajstić information content (AvgIpc) is 2.80. The zero-order valence-corrected chi connectivity index (χ0v) is 19.8. The maximum absolute atomic E-state index is 12.9. The number of rotatable bonds is 9. The van der Waals surface area contributed by atoms with E-state index < -0.39 is 12.0 Å². The van der Waals surface area contributed by atoms with Gasteiger partial charge < -0.3 is 20.9 Å². The van der Waals surface area contributed by atoms with Gasteiger partial charge in [0.2, 0.25) is 0 Å². The minimum atomic E-state index is -1.03. The van der Waals surface area contributed by atoms with Crippen molar-refractivity contribution in [3.8, 4) is 5.75 Å². The van der Waals surface area contributed by atoms with Crippen molar-refractivity contribution in [3.05, 3.63) is 65.2 Å². The molecule has 1 saturated carbocycles. The lowest BCUT2D eigenvalue weighted by Crippen LogP contribution is -2.34. The van der Waals surface area contributed by atoms with Crippen molar-refractivity contribution in [3.63, 3.8) is 0 Å². The number of hydrogen-bond donors (Lipinski definition) is 3. The standard InChI is InChI=1S/C27H36N2O4/c1-27(2)14-12-20(13-15-27)23(19-8-10-22(33-3)11-9-19)17-29-25(30)21-6-4-18(5-7-21)16-24(28)26(31)32/h4-11,20,23-24H,12-17,28H2,1-3H3,(H,29,30)(H,31,32)/t23-,24?/m0/s1. The Hall–Kier alpha value is -2.86. The summed E-state index contributed by atoms with van der Waals surface area (Å²) in [6.45, 7) is 5.24. The van der Waals surface area contributed by atoms with E-state index in [1.54, 1.807) is 31.4 Å². The van der Waals surface area contributed by atoms with E-state index in [9.17, 15) is 9.59 Å². The molecule has 0 heterocycles. The van der Waals surface area contributed by atoms with Gasteiger partial charge in [0.05, 0.1) is 7.11 Å². The summed E-state index contributed by atoms with van der Waals surface area (Å²) in [5.41, 5.74) is 8.56. The van der Waals surface area contributed by atoms with E-state index >= 15 is 0 Å². The van der Waals surface area contributed by atoms with E-state index in [1.807, 2.05) is 12.1 Å². The predicted molar refractivity (Wildman–Crippen MR) is 130 cm³/mol. The van der Waals surface area contributed by atoms with Crippen molar-refractivity contribution in [1.29, 1.82) is 0 Å². The van der Waals surface area contributed by atoms with Crippen molar-refractivity contribution in [2.45, 2.75) is 57.9 Å². The van der Waals surface area contributed by atoms with E-state index in [-0.39, 0.29) is 18.2 Å². The summed E-state index contributed by atoms with van der Waals surface area (Å²) in [7, 11) is 1.66. The van der Waals surface area contributed by atoms with Crippen LogP contribution >= 0.6 is 0 Å². The third-order valence-electron chi connectivity index (χ3n) is 6.97. The number of carbonyl (C=O) groups is 2. The van der Waals surface area contributed by atoms with Crippen LogP contribution in [0.1, 0.15) is 66.9 Å². The first-order chi connectivity index (χ1) is 15.7. The Morgan fingerprint density at radius 3 is 2.24 bits per heavy atom. The highest BCUT2D eigenvalue weighted by Gasteiger charge is 2.32. The van der Waals surface area contributed by atoms with Crippen LogP contribution in [0.2, 0.25) is 0 Å². The zero-order chi connectivity index (χ0) is 24.0. The summed E-state index contributed by atoms with van der Waals surface area (Å²) >= 11 is 0. The van der Waals surface area contributed by atoms with Crippen molar-refractivity contribution in [1.82, 2.24) is 5.32 Å². The zero-order valence-electron chi connectivity index (χ0n) is 19.8. The Balaban J connectivity index is 1.68. The van der Waals surface area contributed by atoms with Gasteiger partial charge in [0, 0.05) is 18.0 Å². The molecule has 2 aromatic carbocycles. The normalized spacial score (nSPS) is 17.7. The molecule has 1 amide bonds. The number of carboxylic acids is 1. The molecule has 33 heavy (non-hydrogen) atoms. The summed E-state index contributed by atoms with van der Waals surface area (Å²) in [5.74, 6) is 0.427. The van der Waals surface area contributed by atoms with Crippen LogP contribution in [-0.4, -0.2) is 36.7 Å². The minimum Gasteiger partial charge on any atom is -0.497 e. The van der Waals surface area contributed by atoms with Crippen LogP contribution < -0.4 is 15.8 Å². The fraction of sp³-hybridized carbons (Fsp3) is 0.481. The molecular weight excluding hydrogens is 416 g/mol. The van der Waals surface area contributed by atoms with Gasteiger partial charge in [-0.15, -0.1) is 0 Å². The Morgan fingerprint density at radius 1 is 1.09 bits per heavy atom. The molecule has 4 N–H and O–H groups in total. The van der Waals surface area contributed by atoms with Gasteiger partial charge in [0.15, 0.2) is 0 Å². The smallest absolute Gasteiger partial charge is 0.320 e. The molecule has 6 heteroatoms. The summed E-state index contributed by atoms with van der Waals surface area (Å²) in [6, 6.07) is 14.2. The lowest BCUT2D eigenvalue weighted by Gasteiger charge is -2.38. The van der Waals surface area contributed by atoms with E-state index in [4.69, 9.17) is 15.6 Å². The number of nitrogens with two attached hydrogens (primary N) is 1. The molecule has 0 aliphatic heterocycles. The van der Waals surface area contributed by atoms with Gasteiger partial charge in [-0.2, -0.15) is 0 Å². The molecule has 0 aromatic heterocycles. The molecule has 1 fully saturated rings. The quantitative estimate of drug-likeness (QED) is 0.524. The fourth-order valence-electron chi connectivity index (χ4n) is 4.67. The maximum Gasteiger partial charge on any atom is 0.320 e. The second-order valence-corrected chi connectivity index (χ2v) is 9.94. The predicted octanol–water partition coefficient (Wildman–Crippen LogP) is 4.38. The van der Waals surface area contributed by atoms with E-state index in [2.05, 4.69) is 31.3 Å². The number of amides is 1. The second-order valence-electron chi connectivity index (χ2n) is 9.94. The molecule has 1 aliphatic carbocycles. The van der Waals surface area contributed by atoms with Gasteiger partial charge in [-0.25, -0.2) is 0 Å². The van der Waals surface area contributed by atoms with Gasteiger partial charge >= 0.3 is 5.97 Å². The topological polar surface area (TPSA) is 102 Å². The van der Waals surface area contributed by atoms with Crippen LogP contribution in [0.4, 0.5) is 0 Å². The Labute approximate surface area is 196 Å². The van der Waals surface area contributed by atoms with Gasteiger partial charge in [-0.05, 0) is 78.8 Å². The van der Waals surface area contributed by atoms with Crippen molar-refractivity contribution in [2.75, 3.05) is 13.7 Å². The first kappa shape index (κ1) is 24.8. The van der Waals surface area contributed by atoms with Crippen molar-refractivity contribution >= 4 is 11.9 Å². The molecule has 2 aromatic rings. The number of hydrogen-bond acceptors (Lipinski definition) is 4. The van der Waals surface area contributed by atoms with Crippen LogP contribution in [0.5, 0.6) is 5.75 Å². The molecule has 2 atom stereocenters. The number of ether oxygens (including phenoxy) is 1. The largest absolute Gasteiger partial charge is 0.497 e. The third-order valence-corrected chi connectivity index (χ3v) is 6.97. The van der Waals surface area contributed by atoms with Gasteiger partial charge in [-0.3, -0.25) is 9.59 Å². The lowest BCUT2D eigenvalue weighted by atomic mass is 9.68.